The van der Waals surface area contributed by atoms with Crippen molar-refractivity contribution in [2.45, 2.75) is 52.0 Å². The molecule has 1 unspecified atom stereocenters. The van der Waals surface area contributed by atoms with Crippen LogP contribution >= 0.6 is 24.0 Å². The zero-order valence-corrected chi connectivity index (χ0v) is 13.6. The molecule has 0 heterocycles. The molecule has 0 aromatic heterocycles. The van der Waals surface area contributed by atoms with Crippen LogP contribution in [0.3, 0.4) is 0 Å². The lowest BCUT2D eigenvalue weighted by Crippen LogP contribution is -2.44. The van der Waals surface area contributed by atoms with Crippen LogP contribution in [0.5, 0.6) is 0 Å². The Bertz CT molecular complexity index is 270. The van der Waals surface area contributed by atoms with Crippen LogP contribution < -0.4 is 10.6 Å². The number of rotatable bonds is 5. The van der Waals surface area contributed by atoms with E-state index in [2.05, 4.69) is 29.5 Å². The number of hydrogen-bond acceptors (Lipinski definition) is 1. The van der Waals surface area contributed by atoms with E-state index >= 15 is 0 Å². The lowest BCUT2D eigenvalue weighted by molar-refractivity contribution is 0.429. The topological polar surface area (TPSA) is 36.4 Å². The Morgan fingerprint density at radius 2 is 2.06 bits per heavy atom. The number of nitrogens with one attached hydrogen (secondary N) is 2. The molecule has 3 nitrogen and oxygen atoms in total. The molecular formula is C13H26IN3. The van der Waals surface area contributed by atoms with E-state index in [9.17, 15) is 0 Å². The van der Waals surface area contributed by atoms with E-state index in [-0.39, 0.29) is 24.0 Å². The predicted octanol–water partition coefficient (Wildman–Crippen LogP) is 2.76. The monoisotopic (exact) mass is 351 g/mol. The van der Waals surface area contributed by atoms with Crippen molar-refractivity contribution in [1.29, 1.82) is 0 Å². The third-order valence-corrected chi connectivity index (χ3v) is 4.16. The zero-order chi connectivity index (χ0) is 11.6. The van der Waals surface area contributed by atoms with Crippen LogP contribution in [0.2, 0.25) is 0 Å². The summed E-state index contributed by atoms with van der Waals surface area (Å²) in [6.45, 7) is 5.51. The molecule has 2 rings (SSSR count). The van der Waals surface area contributed by atoms with Gasteiger partial charge in [0, 0.05) is 19.6 Å². The largest absolute Gasteiger partial charge is 0.356 e. The summed E-state index contributed by atoms with van der Waals surface area (Å²) < 4.78 is 0. The predicted molar refractivity (Wildman–Crippen MR) is 84.1 cm³/mol. The third-order valence-electron chi connectivity index (χ3n) is 4.16. The van der Waals surface area contributed by atoms with Gasteiger partial charge in [-0.3, -0.25) is 4.99 Å². The maximum atomic E-state index is 4.28. The van der Waals surface area contributed by atoms with Crippen molar-refractivity contribution in [3.63, 3.8) is 0 Å². The van der Waals surface area contributed by atoms with Gasteiger partial charge in [0.15, 0.2) is 5.96 Å². The van der Waals surface area contributed by atoms with Gasteiger partial charge in [0.1, 0.15) is 0 Å². The van der Waals surface area contributed by atoms with Crippen LogP contribution in [0, 0.1) is 11.3 Å². The average Bonchev–Trinajstić information content (AvgIpc) is 3.16. The van der Waals surface area contributed by atoms with Crippen molar-refractivity contribution < 1.29 is 0 Å². The van der Waals surface area contributed by atoms with Gasteiger partial charge in [-0.15, -0.1) is 24.0 Å². The van der Waals surface area contributed by atoms with Gasteiger partial charge in [-0.2, -0.15) is 0 Å². The molecule has 0 radical (unpaired) electrons. The maximum Gasteiger partial charge on any atom is 0.191 e. The molecule has 4 heteroatoms. The molecule has 2 saturated carbocycles. The van der Waals surface area contributed by atoms with Crippen LogP contribution in [-0.2, 0) is 0 Å². The molecule has 0 bridgehead atoms. The minimum atomic E-state index is 0. The van der Waals surface area contributed by atoms with E-state index < -0.39 is 0 Å². The molecule has 0 aliphatic heterocycles. The Morgan fingerprint density at radius 3 is 2.47 bits per heavy atom. The van der Waals surface area contributed by atoms with Gasteiger partial charge in [0.25, 0.3) is 0 Å². The van der Waals surface area contributed by atoms with Crippen LogP contribution in [0.4, 0.5) is 0 Å². The molecule has 0 saturated heterocycles. The van der Waals surface area contributed by atoms with Crippen molar-refractivity contribution in [3.05, 3.63) is 0 Å². The lowest BCUT2D eigenvalue weighted by atomic mass is 10.0. The Morgan fingerprint density at radius 1 is 1.41 bits per heavy atom. The van der Waals surface area contributed by atoms with Gasteiger partial charge in [0.05, 0.1) is 0 Å². The number of guanidine groups is 1. The molecule has 0 spiro atoms. The van der Waals surface area contributed by atoms with Crippen LogP contribution in [-0.4, -0.2) is 25.6 Å². The molecule has 0 aromatic carbocycles. The molecular weight excluding hydrogens is 325 g/mol. The number of halogens is 1. The minimum absolute atomic E-state index is 0. The Kier molecular flexibility index (Phi) is 5.54. The summed E-state index contributed by atoms with van der Waals surface area (Å²) in [6, 6.07) is 0.502. The SMILES string of the molecule is CCC(C)NC(=NC)NCC1(C2CC2)CC1.I. The summed E-state index contributed by atoms with van der Waals surface area (Å²) in [7, 11) is 1.86. The lowest BCUT2D eigenvalue weighted by Gasteiger charge is -2.20. The number of hydrogen-bond donors (Lipinski definition) is 2. The summed E-state index contributed by atoms with van der Waals surface area (Å²) in [4.78, 5) is 4.28. The molecule has 0 aromatic rings. The van der Waals surface area contributed by atoms with Gasteiger partial charge < -0.3 is 10.6 Å². The second kappa shape index (κ2) is 6.25. The fraction of sp³-hybridized carbons (Fsp3) is 0.923. The van der Waals surface area contributed by atoms with Gasteiger partial charge >= 0.3 is 0 Å². The van der Waals surface area contributed by atoms with Crippen molar-refractivity contribution in [2.24, 2.45) is 16.3 Å². The van der Waals surface area contributed by atoms with E-state index in [1.54, 1.807) is 0 Å². The van der Waals surface area contributed by atoms with E-state index in [0.29, 0.717) is 11.5 Å². The first-order chi connectivity index (χ1) is 7.70. The molecule has 0 amide bonds. The van der Waals surface area contributed by atoms with Crippen molar-refractivity contribution in [1.82, 2.24) is 10.6 Å². The Balaban J connectivity index is 0.00000144. The zero-order valence-electron chi connectivity index (χ0n) is 11.3. The summed E-state index contributed by atoms with van der Waals surface area (Å²) in [6.07, 6.45) is 6.89. The van der Waals surface area contributed by atoms with Crippen LogP contribution in [0.15, 0.2) is 4.99 Å². The van der Waals surface area contributed by atoms with Crippen LogP contribution in [0.25, 0.3) is 0 Å². The second-order valence-electron chi connectivity index (χ2n) is 5.52. The Labute approximate surface area is 122 Å². The molecule has 2 aliphatic carbocycles. The quantitative estimate of drug-likeness (QED) is 0.454. The highest BCUT2D eigenvalue weighted by Gasteiger charge is 2.53. The maximum absolute atomic E-state index is 4.28. The van der Waals surface area contributed by atoms with Gasteiger partial charge in [-0.05, 0) is 50.4 Å². The first kappa shape index (κ1) is 15.1. The van der Waals surface area contributed by atoms with Crippen molar-refractivity contribution in [3.8, 4) is 0 Å². The van der Waals surface area contributed by atoms with E-state index in [0.717, 1.165) is 24.8 Å². The van der Waals surface area contributed by atoms with Gasteiger partial charge in [-0.25, -0.2) is 0 Å². The van der Waals surface area contributed by atoms with Crippen LogP contribution in [0.1, 0.15) is 46.0 Å². The Hall–Kier alpha value is 0. The summed E-state index contributed by atoms with van der Waals surface area (Å²) in [5.74, 6) is 1.99. The smallest absolute Gasteiger partial charge is 0.191 e. The van der Waals surface area contributed by atoms with E-state index in [1.165, 1.54) is 25.7 Å². The molecule has 17 heavy (non-hydrogen) atoms. The second-order valence-corrected chi connectivity index (χ2v) is 5.52. The highest BCUT2D eigenvalue weighted by atomic mass is 127. The summed E-state index contributed by atoms with van der Waals surface area (Å²) in [5.41, 5.74) is 0.646. The number of nitrogens with zero attached hydrogens (tertiary/aromatic N) is 1. The summed E-state index contributed by atoms with van der Waals surface area (Å²) >= 11 is 0. The number of aliphatic imine (C=N–C) groups is 1. The normalized spacial score (nSPS) is 23.6. The molecule has 2 fully saturated rings. The molecule has 2 aliphatic rings. The van der Waals surface area contributed by atoms with Gasteiger partial charge in [0.2, 0.25) is 0 Å². The average molecular weight is 351 g/mol. The van der Waals surface area contributed by atoms with Crippen molar-refractivity contribution in [2.75, 3.05) is 13.6 Å². The highest BCUT2D eigenvalue weighted by molar-refractivity contribution is 14.0. The van der Waals surface area contributed by atoms with Crippen molar-refractivity contribution >= 4 is 29.9 Å². The fourth-order valence-electron chi connectivity index (χ4n) is 2.38. The standard InChI is InChI=1S/C13H25N3.HI/c1-4-10(2)16-12(14-3)15-9-13(7-8-13)11-5-6-11;/h10-11H,4-9H2,1-3H3,(H2,14,15,16);1H. The first-order valence-corrected chi connectivity index (χ1v) is 6.67. The third kappa shape index (κ3) is 4.00. The first-order valence-electron chi connectivity index (χ1n) is 6.67. The molecule has 100 valence electrons. The summed E-state index contributed by atoms with van der Waals surface area (Å²) in [5, 5.41) is 6.91. The van der Waals surface area contributed by atoms with E-state index in [4.69, 9.17) is 0 Å². The van der Waals surface area contributed by atoms with E-state index in [1.807, 2.05) is 7.05 Å². The highest BCUT2D eigenvalue weighted by Crippen LogP contribution is 2.60. The van der Waals surface area contributed by atoms with Gasteiger partial charge in [-0.1, -0.05) is 6.92 Å². The molecule has 1 atom stereocenters. The minimum Gasteiger partial charge on any atom is -0.356 e. The fourth-order valence-corrected chi connectivity index (χ4v) is 2.38. The molecule has 2 N–H and O–H groups in total.